The van der Waals surface area contributed by atoms with Gasteiger partial charge in [0.15, 0.2) is 77.5 Å². The van der Waals surface area contributed by atoms with E-state index < -0.39 is 16.2 Å². The van der Waals surface area contributed by atoms with Gasteiger partial charge in [-0.2, -0.15) is 0 Å². The van der Waals surface area contributed by atoms with E-state index in [9.17, 15) is 0 Å². The third kappa shape index (κ3) is 12.7. The molecule has 378 valence electrons. The highest BCUT2D eigenvalue weighted by atomic mass is 31.2. The minimum absolute atomic E-state index is 0.00304. The fourth-order valence-electron chi connectivity index (χ4n) is 6.82. The number of para-hydroxylation sites is 11. The largest absolute Gasteiger partial charge is 0.487 e. The van der Waals surface area contributed by atoms with Gasteiger partial charge in [-0.05, 0) is 77.1 Å². The molecule has 7 unspecified atom stereocenters. The van der Waals surface area contributed by atoms with Crippen LogP contribution in [-0.2, 0) is 23.7 Å². The molecule has 5 fully saturated rings. The van der Waals surface area contributed by atoms with Crippen LogP contribution in [0.1, 0.15) is 0 Å². The van der Waals surface area contributed by atoms with Crippen LogP contribution >= 0.6 is 24.7 Å². The van der Waals surface area contributed by atoms with Crippen LogP contribution in [-0.4, -0.2) is 110 Å². The van der Waals surface area contributed by atoms with Gasteiger partial charge in [0.2, 0.25) is 5.75 Å². The second-order valence-electron chi connectivity index (χ2n) is 16.9. The molecular weight excluding hydrogens is 1000 g/mol. The van der Waals surface area contributed by atoms with Crippen molar-refractivity contribution in [2.75, 3.05) is 66.1 Å². The molecule has 0 amide bonds. The SMILES string of the molecule is c1ccc(Oc2cccc(Op3npn(Oc4ccccc4OCC4CO4)p(Oc4ccccc4OCC4CO4)n3Oc3ccccc3OCC3CO3)c2Oc2ccccc2OCC2CO2)c(OCC2CO2)c1. The molecule has 0 radical (unpaired) electrons. The zero-order valence-electron chi connectivity index (χ0n) is 39.0. The van der Waals surface area contributed by atoms with Gasteiger partial charge in [0, 0.05) is 0 Å². The molecule has 0 N–H and O–H groups in total. The zero-order valence-corrected chi connectivity index (χ0v) is 41.6. The fraction of sp³-hybridized carbons (Fsp3) is 0.294. The second-order valence-corrected chi connectivity index (χ2v) is 21.3. The molecule has 0 saturated carbocycles. The van der Waals surface area contributed by atoms with E-state index in [0.29, 0.717) is 129 Å². The van der Waals surface area contributed by atoms with Crippen molar-refractivity contribution in [2.24, 2.45) is 0 Å². The number of epoxide rings is 5. The monoisotopic (exact) mass is 1050 g/mol. The smallest absolute Gasteiger partial charge is 0.319 e. The number of hydrogen-bond acceptors (Lipinski definition) is 17. The predicted molar refractivity (Wildman–Crippen MR) is 265 cm³/mol. The van der Waals surface area contributed by atoms with Crippen LogP contribution in [0.2, 0.25) is 0 Å². The van der Waals surface area contributed by atoms with Gasteiger partial charge in [-0.3, -0.25) is 0 Å². The van der Waals surface area contributed by atoms with Crippen molar-refractivity contribution in [3.05, 3.63) is 140 Å². The number of ether oxygens (including phenoxy) is 12. The van der Waals surface area contributed by atoms with Crippen molar-refractivity contribution >= 4 is 24.7 Å². The Morgan fingerprint density at radius 2 is 0.753 bits per heavy atom. The average molecular weight is 1050 g/mol. The summed E-state index contributed by atoms with van der Waals surface area (Å²) in [5, 5.41) is 0. The Balaban J connectivity index is 0.981. The summed E-state index contributed by atoms with van der Waals surface area (Å²) < 4.78 is 94.3. The first-order valence-electron chi connectivity index (χ1n) is 23.6. The standard InChI is InChI=1S/C51H48N3O16P3/c1-6-17-44(39(12-1)60-29-34-24-55-34)65-49-22-11-23-50(51(49)66-45-18-7-2-13-40(45)61-30-35-25-56-35)69-72-52-71-53(67-46-19-8-3-14-41(46)62-31-36-26-57-36)73(70-48-21-10-5-16-43(48)64-33-38-28-59-38)54(72)68-47-20-9-4-15-42(47)63-32-37-27-58-37/h1-23,34-38H,24-33H2. The van der Waals surface area contributed by atoms with E-state index in [0.717, 1.165) is 0 Å². The first-order chi connectivity index (χ1) is 36.1. The van der Waals surface area contributed by atoms with Crippen LogP contribution in [0.3, 0.4) is 0 Å². The summed E-state index contributed by atoms with van der Waals surface area (Å²) in [6, 6.07) is 42.1. The average Bonchev–Trinajstić information content (AvgIpc) is 4.20. The van der Waals surface area contributed by atoms with Gasteiger partial charge in [0.25, 0.3) is 0 Å². The summed E-state index contributed by atoms with van der Waals surface area (Å²) in [4.78, 5) is 13.7. The Kier molecular flexibility index (Phi) is 14.3. The minimum atomic E-state index is -2.24. The summed E-state index contributed by atoms with van der Waals surface area (Å²) in [6.45, 7) is 4.86. The number of rotatable bonds is 27. The van der Waals surface area contributed by atoms with Crippen LogP contribution in [0.4, 0.5) is 0 Å². The summed E-state index contributed by atoms with van der Waals surface area (Å²) in [5.74, 6) is 5.19. The van der Waals surface area contributed by atoms with Gasteiger partial charge in [0.1, 0.15) is 63.6 Å². The molecule has 7 aromatic rings. The topological polar surface area (TPSA) is 187 Å². The molecule has 7 atom stereocenters. The molecule has 6 aromatic carbocycles. The zero-order chi connectivity index (χ0) is 48.8. The number of nitrogens with zero attached hydrogens (tertiary/aromatic N) is 3. The molecule has 73 heavy (non-hydrogen) atoms. The van der Waals surface area contributed by atoms with Crippen molar-refractivity contribution in [3.8, 4) is 74.7 Å². The molecule has 22 heteroatoms. The van der Waals surface area contributed by atoms with Crippen molar-refractivity contribution in [3.63, 3.8) is 0 Å². The lowest BCUT2D eigenvalue weighted by atomic mass is 10.2. The summed E-state index contributed by atoms with van der Waals surface area (Å²) in [5.41, 5.74) is 0. The van der Waals surface area contributed by atoms with Gasteiger partial charge in [-0.1, -0.05) is 71.0 Å². The highest BCUT2D eigenvalue weighted by Gasteiger charge is 2.31. The molecule has 19 nitrogen and oxygen atoms in total. The third-order valence-corrected chi connectivity index (χ3v) is 15.7. The Bertz CT molecular complexity index is 3050. The lowest BCUT2D eigenvalue weighted by Gasteiger charge is -2.23. The highest BCUT2D eigenvalue weighted by molar-refractivity contribution is 7.56. The van der Waals surface area contributed by atoms with Crippen LogP contribution in [0.15, 0.2) is 140 Å². The molecule has 0 spiro atoms. The normalized spacial score (nSPS) is 20.2. The van der Waals surface area contributed by atoms with Gasteiger partial charge in [-0.25, -0.2) is 0 Å². The quantitative estimate of drug-likeness (QED) is 0.0442. The lowest BCUT2D eigenvalue weighted by molar-refractivity contribution is 0.204. The third-order valence-electron chi connectivity index (χ3n) is 11.1. The number of aromatic nitrogens is 3. The van der Waals surface area contributed by atoms with Crippen LogP contribution in [0.5, 0.6) is 74.7 Å². The Hall–Kier alpha value is -6.78. The fourth-order valence-corrected chi connectivity index (χ4v) is 11.8. The predicted octanol–water partition coefficient (Wildman–Crippen LogP) is 10.2. The van der Waals surface area contributed by atoms with Gasteiger partial charge in [0.05, 0.1) is 33.0 Å². The molecule has 0 bridgehead atoms. The first kappa shape index (κ1) is 47.2. The second kappa shape index (κ2) is 22.1. The van der Waals surface area contributed by atoms with Crippen molar-refractivity contribution < 1.29 is 75.6 Å². The van der Waals surface area contributed by atoms with Crippen LogP contribution in [0, 0.1) is 0 Å². The Morgan fingerprint density at radius 3 is 1.22 bits per heavy atom. The maximum Gasteiger partial charge on any atom is 0.319 e. The molecule has 12 rings (SSSR count). The van der Waals surface area contributed by atoms with E-state index >= 15 is 0 Å². The Morgan fingerprint density at radius 1 is 0.397 bits per heavy atom. The van der Waals surface area contributed by atoms with Crippen molar-refractivity contribution in [1.29, 1.82) is 0 Å². The Labute approximate surface area is 422 Å². The van der Waals surface area contributed by atoms with Crippen molar-refractivity contribution in [1.82, 2.24) is 13.0 Å². The van der Waals surface area contributed by atoms with E-state index in [1.807, 2.05) is 103 Å². The number of benzene rings is 6. The summed E-state index contributed by atoms with van der Waals surface area (Å²) in [6.07, 6.45) is 0.00113. The molecule has 6 heterocycles. The maximum atomic E-state index is 7.10. The molecule has 0 aliphatic carbocycles. The number of hydrogen-bond donors (Lipinski definition) is 0. The van der Waals surface area contributed by atoms with Gasteiger partial charge in [-0.15, -0.1) is 4.51 Å². The molecule has 5 aliphatic rings. The summed E-state index contributed by atoms with van der Waals surface area (Å²) >= 11 is 0. The van der Waals surface area contributed by atoms with Crippen molar-refractivity contribution in [2.45, 2.75) is 30.5 Å². The van der Waals surface area contributed by atoms with Crippen LogP contribution < -0.4 is 51.9 Å². The molecule has 1 aromatic heterocycles. The van der Waals surface area contributed by atoms with Crippen LogP contribution in [0.25, 0.3) is 0 Å². The molecule has 5 saturated heterocycles. The van der Waals surface area contributed by atoms with Gasteiger partial charge >= 0.3 is 16.2 Å². The highest BCUT2D eigenvalue weighted by Crippen LogP contribution is 2.51. The van der Waals surface area contributed by atoms with E-state index in [1.54, 1.807) is 44.9 Å². The molecule has 5 aliphatic heterocycles. The van der Waals surface area contributed by atoms with E-state index in [2.05, 4.69) is 0 Å². The molecular formula is C51H48N3O16P3. The van der Waals surface area contributed by atoms with Gasteiger partial charge < -0.3 is 75.6 Å². The minimum Gasteiger partial charge on any atom is -0.487 e. The first-order valence-corrected chi connectivity index (χ1v) is 26.7. The van der Waals surface area contributed by atoms with E-state index in [4.69, 9.17) is 80.1 Å². The lowest BCUT2D eigenvalue weighted by Crippen LogP contribution is -2.16. The maximum absolute atomic E-state index is 7.10. The van der Waals surface area contributed by atoms with E-state index in [1.165, 1.54) is 0 Å². The van der Waals surface area contributed by atoms with E-state index in [-0.39, 0.29) is 50.5 Å². The summed E-state index contributed by atoms with van der Waals surface area (Å²) in [7, 11) is -4.17.